The van der Waals surface area contributed by atoms with Crippen LogP contribution in [0, 0.1) is 0 Å². The maximum absolute atomic E-state index is 4.17. The Morgan fingerprint density at radius 2 is 2.22 bits per heavy atom. The van der Waals surface area contributed by atoms with Gasteiger partial charge in [-0.15, -0.1) is 0 Å². The third kappa shape index (κ3) is 2.43. The van der Waals surface area contributed by atoms with E-state index in [0.717, 1.165) is 18.3 Å². The Balaban J connectivity index is 1.66. The first-order valence-corrected chi connectivity index (χ1v) is 6.51. The lowest BCUT2D eigenvalue weighted by Gasteiger charge is -2.13. The summed E-state index contributed by atoms with van der Waals surface area (Å²) < 4.78 is 0. The van der Waals surface area contributed by atoms with E-state index in [1.807, 2.05) is 0 Å². The molecule has 94 valence electrons. The second-order valence-electron chi connectivity index (χ2n) is 4.95. The molecule has 4 heteroatoms. The molecule has 3 rings (SSSR count). The Kier molecular flexibility index (Phi) is 3.11. The van der Waals surface area contributed by atoms with Crippen LogP contribution in [0.15, 0.2) is 30.6 Å². The van der Waals surface area contributed by atoms with Crippen LogP contribution >= 0.6 is 0 Å². The van der Waals surface area contributed by atoms with E-state index in [4.69, 9.17) is 0 Å². The fraction of sp³-hybridized carbons (Fsp3) is 0.429. The maximum Gasteiger partial charge on any atom is 0.141 e. The van der Waals surface area contributed by atoms with Gasteiger partial charge in [-0.2, -0.15) is 5.10 Å². The first-order chi connectivity index (χ1) is 8.84. The third-order valence-electron chi connectivity index (χ3n) is 3.51. The standard InChI is InChI=1S/C14H18N4/c1-10(14-16-9-17-18-14)15-8-12-4-2-3-5-13(12)11-6-7-11/h2-5,9-11,15H,6-8H2,1H3,(H,16,17,18). The molecule has 0 amide bonds. The fourth-order valence-electron chi connectivity index (χ4n) is 2.27. The molecule has 0 radical (unpaired) electrons. The summed E-state index contributed by atoms with van der Waals surface area (Å²) in [6.07, 6.45) is 4.23. The van der Waals surface area contributed by atoms with Gasteiger partial charge in [0, 0.05) is 6.54 Å². The third-order valence-corrected chi connectivity index (χ3v) is 3.51. The predicted octanol–water partition coefficient (Wildman–Crippen LogP) is 2.53. The van der Waals surface area contributed by atoms with Crippen molar-refractivity contribution in [3.63, 3.8) is 0 Å². The number of hydrogen-bond acceptors (Lipinski definition) is 3. The largest absolute Gasteiger partial charge is 0.303 e. The van der Waals surface area contributed by atoms with Crippen LogP contribution in [0.1, 0.15) is 48.7 Å². The first-order valence-electron chi connectivity index (χ1n) is 6.51. The SMILES string of the molecule is CC(NCc1ccccc1C1CC1)c1ncn[nH]1. The molecular weight excluding hydrogens is 224 g/mol. The molecule has 1 heterocycles. The van der Waals surface area contributed by atoms with Crippen LogP contribution in [0.5, 0.6) is 0 Å². The van der Waals surface area contributed by atoms with Gasteiger partial charge in [0.1, 0.15) is 12.2 Å². The van der Waals surface area contributed by atoms with Crippen molar-refractivity contribution in [2.45, 2.75) is 38.3 Å². The van der Waals surface area contributed by atoms with Crippen molar-refractivity contribution in [3.05, 3.63) is 47.5 Å². The molecule has 1 aliphatic carbocycles. The van der Waals surface area contributed by atoms with Gasteiger partial charge in [-0.25, -0.2) is 4.98 Å². The Hall–Kier alpha value is -1.68. The Morgan fingerprint density at radius 1 is 1.39 bits per heavy atom. The average molecular weight is 242 g/mol. The van der Waals surface area contributed by atoms with Gasteiger partial charge in [0.05, 0.1) is 6.04 Å². The number of H-pyrrole nitrogens is 1. The van der Waals surface area contributed by atoms with Crippen molar-refractivity contribution in [1.29, 1.82) is 0 Å². The molecule has 1 fully saturated rings. The van der Waals surface area contributed by atoms with Crippen LogP contribution < -0.4 is 5.32 Å². The minimum absolute atomic E-state index is 0.194. The Labute approximate surface area is 107 Å². The van der Waals surface area contributed by atoms with E-state index >= 15 is 0 Å². The molecule has 1 aromatic carbocycles. The number of hydrogen-bond donors (Lipinski definition) is 2. The number of benzene rings is 1. The predicted molar refractivity (Wildman–Crippen MR) is 70.1 cm³/mol. The molecule has 1 atom stereocenters. The number of nitrogens with one attached hydrogen (secondary N) is 2. The summed E-state index contributed by atoms with van der Waals surface area (Å²) in [5.41, 5.74) is 2.92. The number of aromatic nitrogens is 3. The van der Waals surface area contributed by atoms with E-state index in [1.165, 1.54) is 24.0 Å². The lowest BCUT2D eigenvalue weighted by molar-refractivity contribution is 0.546. The highest BCUT2D eigenvalue weighted by Crippen LogP contribution is 2.41. The lowest BCUT2D eigenvalue weighted by atomic mass is 10.0. The molecule has 2 aromatic rings. The zero-order valence-electron chi connectivity index (χ0n) is 10.6. The van der Waals surface area contributed by atoms with Gasteiger partial charge < -0.3 is 5.32 Å². The molecular formula is C14H18N4. The normalized spacial score (nSPS) is 16.7. The maximum atomic E-state index is 4.17. The summed E-state index contributed by atoms with van der Waals surface area (Å²) >= 11 is 0. The van der Waals surface area contributed by atoms with E-state index in [1.54, 1.807) is 6.33 Å². The van der Waals surface area contributed by atoms with Gasteiger partial charge in [0.15, 0.2) is 0 Å². The van der Waals surface area contributed by atoms with Crippen molar-refractivity contribution in [2.75, 3.05) is 0 Å². The Morgan fingerprint density at radius 3 is 2.94 bits per heavy atom. The van der Waals surface area contributed by atoms with Gasteiger partial charge in [-0.3, -0.25) is 5.10 Å². The summed E-state index contributed by atoms with van der Waals surface area (Å²) in [5.74, 6) is 1.68. The van der Waals surface area contributed by atoms with Gasteiger partial charge in [-0.05, 0) is 36.8 Å². The van der Waals surface area contributed by atoms with Crippen LogP contribution in [0.4, 0.5) is 0 Å². The van der Waals surface area contributed by atoms with Crippen molar-refractivity contribution in [1.82, 2.24) is 20.5 Å². The minimum atomic E-state index is 0.194. The van der Waals surface area contributed by atoms with Crippen molar-refractivity contribution in [2.24, 2.45) is 0 Å². The summed E-state index contributed by atoms with van der Waals surface area (Å²) in [6.45, 7) is 2.98. The van der Waals surface area contributed by atoms with E-state index in [2.05, 4.69) is 51.7 Å². The summed E-state index contributed by atoms with van der Waals surface area (Å²) in [5, 5.41) is 10.3. The van der Waals surface area contributed by atoms with Crippen LogP contribution in [0.3, 0.4) is 0 Å². The van der Waals surface area contributed by atoms with Crippen LogP contribution in [0.25, 0.3) is 0 Å². The van der Waals surface area contributed by atoms with Gasteiger partial charge in [0.2, 0.25) is 0 Å². The molecule has 18 heavy (non-hydrogen) atoms. The molecule has 1 saturated carbocycles. The van der Waals surface area contributed by atoms with Gasteiger partial charge in [-0.1, -0.05) is 24.3 Å². The zero-order valence-corrected chi connectivity index (χ0v) is 10.6. The molecule has 0 aliphatic heterocycles. The van der Waals surface area contributed by atoms with Crippen molar-refractivity contribution >= 4 is 0 Å². The van der Waals surface area contributed by atoms with Crippen LogP contribution in [-0.4, -0.2) is 15.2 Å². The monoisotopic (exact) mass is 242 g/mol. The summed E-state index contributed by atoms with van der Waals surface area (Å²) in [4.78, 5) is 4.17. The molecule has 1 aromatic heterocycles. The molecule has 1 unspecified atom stereocenters. The summed E-state index contributed by atoms with van der Waals surface area (Å²) in [6, 6.07) is 8.92. The second-order valence-corrected chi connectivity index (χ2v) is 4.95. The molecule has 0 bridgehead atoms. The van der Waals surface area contributed by atoms with E-state index in [0.29, 0.717) is 0 Å². The number of nitrogens with zero attached hydrogens (tertiary/aromatic N) is 2. The van der Waals surface area contributed by atoms with Crippen molar-refractivity contribution < 1.29 is 0 Å². The minimum Gasteiger partial charge on any atom is -0.303 e. The van der Waals surface area contributed by atoms with Crippen LogP contribution in [-0.2, 0) is 6.54 Å². The lowest BCUT2D eigenvalue weighted by Crippen LogP contribution is -2.20. The van der Waals surface area contributed by atoms with E-state index in [-0.39, 0.29) is 6.04 Å². The molecule has 1 aliphatic rings. The molecule has 4 nitrogen and oxygen atoms in total. The van der Waals surface area contributed by atoms with E-state index in [9.17, 15) is 0 Å². The topological polar surface area (TPSA) is 53.6 Å². The number of rotatable bonds is 5. The summed E-state index contributed by atoms with van der Waals surface area (Å²) in [7, 11) is 0. The zero-order chi connectivity index (χ0) is 12.4. The highest BCUT2D eigenvalue weighted by molar-refractivity contribution is 5.33. The molecule has 0 spiro atoms. The number of aromatic amines is 1. The smallest absolute Gasteiger partial charge is 0.141 e. The van der Waals surface area contributed by atoms with Crippen molar-refractivity contribution in [3.8, 4) is 0 Å². The van der Waals surface area contributed by atoms with Gasteiger partial charge >= 0.3 is 0 Å². The molecule has 2 N–H and O–H groups in total. The van der Waals surface area contributed by atoms with Crippen LogP contribution in [0.2, 0.25) is 0 Å². The van der Waals surface area contributed by atoms with Gasteiger partial charge in [0.25, 0.3) is 0 Å². The highest BCUT2D eigenvalue weighted by Gasteiger charge is 2.25. The molecule has 0 saturated heterocycles. The van der Waals surface area contributed by atoms with E-state index < -0.39 is 0 Å². The average Bonchev–Trinajstić information content (AvgIpc) is 3.10. The fourth-order valence-corrected chi connectivity index (χ4v) is 2.27. The quantitative estimate of drug-likeness (QED) is 0.847. The highest BCUT2D eigenvalue weighted by atomic mass is 15.2. The second kappa shape index (κ2) is 4.90. The first kappa shape index (κ1) is 11.4. The Bertz CT molecular complexity index is 502.